The Bertz CT molecular complexity index is 544. The molecule has 0 aliphatic carbocycles. The van der Waals surface area contributed by atoms with Crippen molar-refractivity contribution in [1.29, 1.82) is 0 Å². The fourth-order valence-corrected chi connectivity index (χ4v) is 5.67. The van der Waals surface area contributed by atoms with Gasteiger partial charge in [0.05, 0.1) is 0 Å². The normalized spacial score (nSPS) is 36.3. The van der Waals surface area contributed by atoms with E-state index in [1.165, 1.54) is 56.8 Å². The van der Waals surface area contributed by atoms with Crippen LogP contribution in [-0.4, -0.2) is 65.2 Å². The summed E-state index contributed by atoms with van der Waals surface area (Å²) in [6, 6.07) is 9.42. The summed E-state index contributed by atoms with van der Waals surface area (Å²) >= 11 is 1.96. The molecule has 23 heavy (non-hydrogen) atoms. The minimum Gasteiger partial charge on any atom is -0.508 e. The largest absolute Gasteiger partial charge is 0.508 e. The molecule has 4 saturated heterocycles. The molecule has 5 rings (SSSR count). The first kappa shape index (κ1) is 15.8. The topological polar surface area (TPSA) is 26.7 Å². The number of phenolic OH excluding ortho intramolecular Hbond substituents is 1. The van der Waals surface area contributed by atoms with Gasteiger partial charge in [0.15, 0.2) is 0 Å². The summed E-state index contributed by atoms with van der Waals surface area (Å²) in [5.74, 6) is 3.13. The fourth-order valence-electron chi connectivity index (χ4n) is 5.25. The van der Waals surface area contributed by atoms with Crippen molar-refractivity contribution < 1.29 is 5.11 Å². The van der Waals surface area contributed by atoms with Gasteiger partial charge in [-0.1, -0.05) is 12.1 Å². The Kier molecular flexibility index (Phi) is 4.57. The maximum atomic E-state index is 9.91. The first-order valence-electron chi connectivity index (χ1n) is 9.04. The highest BCUT2D eigenvalue weighted by Crippen LogP contribution is 2.46. The molecule has 0 radical (unpaired) electrons. The Morgan fingerprint density at radius 1 is 1.22 bits per heavy atom. The summed E-state index contributed by atoms with van der Waals surface area (Å²) in [6.45, 7) is 4.96. The molecular weight excluding hydrogens is 304 g/mol. The van der Waals surface area contributed by atoms with E-state index in [2.05, 4.69) is 22.1 Å². The summed E-state index contributed by atoms with van der Waals surface area (Å²) in [5.41, 5.74) is 1.33. The van der Waals surface area contributed by atoms with Gasteiger partial charge in [0.2, 0.25) is 0 Å². The van der Waals surface area contributed by atoms with E-state index in [9.17, 15) is 5.11 Å². The predicted octanol–water partition coefficient (Wildman–Crippen LogP) is 3.01. The number of rotatable bonds is 5. The van der Waals surface area contributed by atoms with Gasteiger partial charge in [0.25, 0.3) is 0 Å². The van der Waals surface area contributed by atoms with Gasteiger partial charge in [-0.15, -0.1) is 0 Å². The van der Waals surface area contributed by atoms with Crippen LogP contribution >= 0.6 is 11.8 Å². The molecule has 4 fully saturated rings. The zero-order valence-corrected chi connectivity index (χ0v) is 14.8. The molecule has 3 nitrogen and oxygen atoms in total. The van der Waals surface area contributed by atoms with Crippen LogP contribution in [0.25, 0.3) is 0 Å². The second kappa shape index (κ2) is 6.66. The van der Waals surface area contributed by atoms with Crippen molar-refractivity contribution in [1.82, 2.24) is 9.80 Å². The van der Waals surface area contributed by atoms with Crippen LogP contribution in [0.15, 0.2) is 24.3 Å². The Balaban J connectivity index is 1.60. The molecule has 0 aromatic heterocycles. The zero-order valence-electron chi connectivity index (χ0n) is 14.0. The lowest BCUT2D eigenvalue weighted by Crippen LogP contribution is -2.60. The second-order valence-corrected chi connectivity index (χ2v) is 8.38. The standard InChI is InChI=1S/C19H28N2OS/c1-23-11-3-8-21-13-17(15-4-2-5-16(22)12-15)19-18(21)14-6-9-20(19)10-7-14/h2,4-5,12,14,17-19,22H,3,6-11,13H2,1H3/t17-,18+,19+/m1/s1. The molecule has 4 aliphatic rings. The Morgan fingerprint density at radius 3 is 2.78 bits per heavy atom. The van der Waals surface area contributed by atoms with E-state index in [0.717, 1.165) is 12.0 Å². The van der Waals surface area contributed by atoms with Gasteiger partial charge in [0, 0.05) is 24.5 Å². The minimum absolute atomic E-state index is 0.413. The highest BCUT2D eigenvalue weighted by atomic mass is 32.2. The Hall–Kier alpha value is -0.710. The van der Waals surface area contributed by atoms with Crippen LogP contribution in [0.3, 0.4) is 0 Å². The highest BCUT2D eigenvalue weighted by molar-refractivity contribution is 7.98. The van der Waals surface area contributed by atoms with Crippen LogP contribution in [0.1, 0.15) is 30.7 Å². The molecule has 0 saturated carbocycles. The van der Waals surface area contributed by atoms with Crippen LogP contribution in [-0.2, 0) is 0 Å². The molecule has 1 aromatic carbocycles. The number of hydrogen-bond donors (Lipinski definition) is 1. The Labute approximate surface area is 144 Å². The summed E-state index contributed by atoms with van der Waals surface area (Å²) in [7, 11) is 0. The van der Waals surface area contributed by atoms with E-state index < -0.39 is 0 Å². The van der Waals surface area contributed by atoms with Crippen molar-refractivity contribution in [2.24, 2.45) is 5.92 Å². The van der Waals surface area contributed by atoms with E-state index in [-0.39, 0.29) is 0 Å². The van der Waals surface area contributed by atoms with E-state index in [1.807, 2.05) is 23.9 Å². The summed E-state index contributed by atoms with van der Waals surface area (Å²) in [6.07, 6.45) is 6.26. The number of hydrogen-bond acceptors (Lipinski definition) is 4. The number of thioether (sulfide) groups is 1. The van der Waals surface area contributed by atoms with E-state index in [1.54, 1.807) is 6.07 Å². The molecule has 0 spiro atoms. The molecule has 3 atom stereocenters. The number of aromatic hydroxyl groups is 1. The van der Waals surface area contributed by atoms with Crippen LogP contribution in [0.4, 0.5) is 0 Å². The number of phenols is 1. The molecule has 0 unspecified atom stereocenters. The van der Waals surface area contributed by atoms with Gasteiger partial charge in [0.1, 0.15) is 5.75 Å². The first-order valence-corrected chi connectivity index (χ1v) is 10.4. The molecule has 4 aliphatic heterocycles. The maximum Gasteiger partial charge on any atom is 0.115 e. The van der Waals surface area contributed by atoms with Gasteiger partial charge < -0.3 is 5.11 Å². The predicted molar refractivity (Wildman–Crippen MR) is 97.3 cm³/mol. The van der Waals surface area contributed by atoms with E-state index in [0.29, 0.717) is 17.7 Å². The quantitative estimate of drug-likeness (QED) is 0.839. The third-order valence-corrected chi connectivity index (χ3v) is 6.88. The molecule has 4 heteroatoms. The Morgan fingerprint density at radius 2 is 2.04 bits per heavy atom. The number of likely N-dealkylation sites (tertiary alicyclic amines) is 1. The molecule has 4 heterocycles. The average molecular weight is 333 g/mol. The van der Waals surface area contributed by atoms with Crippen LogP contribution in [0, 0.1) is 5.92 Å². The molecular formula is C19H28N2OS. The molecule has 1 N–H and O–H groups in total. The van der Waals surface area contributed by atoms with Crippen molar-refractivity contribution in [3.8, 4) is 5.75 Å². The van der Waals surface area contributed by atoms with Crippen molar-refractivity contribution >= 4 is 11.8 Å². The molecule has 126 valence electrons. The number of benzene rings is 1. The summed E-state index contributed by atoms with van der Waals surface area (Å²) < 4.78 is 0. The van der Waals surface area contributed by atoms with Gasteiger partial charge in [-0.25, -0.2) is 0 Å². The number of fused-ring (bicyclic) bond motifs is 2. The highest BCUT2D eigenvalue weighted by Gasteiger charge is 2.52. The van der Waals surface area contributed by atoms with Crippen molar-refractivity contribution in [2.75, 3.05) is 38.2 Å². The van der Waals surface area contributed by atoms with E-state index >= 15 is 0 Å². The average Bonchev–Trinajstić information content (AvgIpc) is 2.98. The van der Waals surface area contributed by atoms with Crippen molar-refractivity contribution in [3.05, 3.63) is 29.8 Å². The van der Waals surface area contributed by atoms with Crippen LogP contribution in [0.2, 0.25) is 0 Å². The summed E-state index contributed by atoms with van der Waals surface area (Å²) in [4.78, 5) is 5.53. The number of nitrogens with zero attached hydrogens (tertiary/aromatic N) is 2. The van der Waals surface area contributed by atoms with E-state index in [4.69, 9.17) is 0 Å². The maximum absolute atomic E-state index is 9.91. The van der Waals surface area contributed by atoms with Gasteiger partial charge >= 0.3 is 0 Å². The summed E-state index contributed by atoms with van der Waals surface area (Å²) in [5, 5.41) is 9.91. The molecule has 2 bridgehead atoms. The van der Waals surface area contributed by atoms with Crippen LogP contribution in [0.5, 0.6) is 5.75 Å². The second-order valence-electron chi connectivity index (χ2n) is 7.40. The molecule has 1 aromatic rings. The lowest BCUT2D eigenvalue weighted by molar-refractivity contribution is -0.00634. The third-order valence-electron chi connectivity index (χ3n) is 6.19. The zero-order chi connectivity index (χ0) is 15.8. The SMILES string of the molecule is CSCCCN1C[C@H](c2cccc(O)c2)[C@H]2[C@@H]1C1CCN2CC1. The van der Waals surface area contributed by atoms with Crippen molar-refractivity contribution in [3.63, 3.8) is 0 Å². The van der Waals surface area contributed by atoms with Gasteiger partial charge in [-0.05, 0) is 74.5 Å². The van der Waals surface area contributed by atoms with Gasteiger partial charge in [-0.2, -0.15) is 11.8 Å². The lowest BCUT2D eigenvalue weighted by atomic mass is 9.75. The van der Waals surface area contributed by atoms with Crippen molar-refractivity contribution in [2.45, 2.75) is 37.3 Å². The lowest BCUT2D eigenvalue weighted by Gasteiger charge is -2.51. The first-order chi connectivity index (χ1) is 11.3. The fraction of sp³-hybridized carbons (Fsp3) is 0.684. The molecule has 0 amide bonds. The number of piperidine rings is 3. The van der Waals surface area contributed by atoms with Gasteiger partial charge in [-0.3, -0.25) is 9.80 Å². The minimum atomic E-state index is 0.413. The monoisotopic (exact) mass is 332 g/mol. The van der Waals surface area contributed by atoms with Crippen LogP contribution < -0.4 is 0 Å². The smallest absolute Gasteiger partial charge is 0.115 e. The third kappa shape index (κ3) is 2.90.